The number of benzene rings is 2. The van der Waals surface area contributed by atoms with Crippen molar-refractivity contribution >= 4 is 12.0 Å². The number of hydrogen-bond acceptors (Lipinski definition) is 5. The maximum Gasteiger partial charge on any atom is 0.150 e. The van der Waals surface area contributed by atoms with Crippen molar-refractivity contribution in [1.82, 2.24) is 0 Å². The zero-order valence-electron chi connectivity index (χ0n) is 14.4. The summed E-state index contributed by atoms with van der Waals surface area (Å²) < 4.78 is 12.3. The van der Waals surface area contributed by atoms with Crippen molar-refractivity contribution in [2.24, 2.45) is 11.7 Å². The summed E-state index contributed by atoms with van der Waals surface area (Å²) in [6, 6.07) is 13.0. The summed E-state index contributed by atoms with van der Waals surface area (Å²) in [5, 5.41) is 0. The summed E-state index contributed by atoms with van der Waals surface area (Å²) in [4.78, 5) is 11.8. The van der Waals surface area contributed by atoms with Crippen LogP contribution in [0, 0.1) is 5.92 Å². The van der Waals surface area contributed by atoms with E-state index in [1.807, 2.05) is 42.5 Å². The van der Waals surface area contributed by atoms with Crippen molar-refractivity contribution in [2.75, 3.05) is 12.8 Å². The molecule has 2 aromatic carbocycles. The van der Waals surface area contributed by atoms with E-state index in [1.165, 1.54) is 0 Å². The predicted octanol–water partition coefficient (Wildman–Crippen LogP) is 3.11. The van der Waals surface area contributed by atoms with Crippen LogP contribution in [0.1, 0.15) is 27.9 Å². The van der Waals surface area contributed by atoms with E-state index in [0.717, 1.165) is 17.4 Å². The minimum Gasteiger partial charge on any atom is -0.461 e. The SMILES string of the molecule is COC1(c2ccccc2C=O)c2ccc(N)cc2OC2=CC(N)=CCC21. The quantitative estimate of drug-likeness (QED) is 0.657. The van der Waals surface area contributed by atoms with Gasteiger partial charge < -0.3 is 20.9 Å². The van der Waals surface area contributed by atoms with E-state index in [1.54, 1.807) is 19.2 Å². The van der Waals surface area contributed by atoms with Crippen molar-refractivity contribution in [3.05, 3.63) is 82.8 Å². The monoisotopic (exact) mass is 348 g/mol. The van der Waals surface area contributed by atoms with Crippen molar-refractivity contribution in [3.8, 4) is 5.75 Å². The van der Waals surface area contributed by atoms with Crippen LogP contribution in [-0.2, 0) is 10.3 Å². The Labute approximate surface area is 151 Å². The van der Waals surface area contributed by atoms with E-state index in [-0.39, 0.29) is 5.92 Å². The Bertz CT molecular complexity index is 948. The molecule has 0 bridgehead atoms. The van der Waals surface area contributed by atoms with Crippen LogP contribution >= 0.6 is 0 Å². The van der Waals surface area contributed by atoms with Crippen LogP contribution in [0.3, 0.4) is 0 Å². The van der Waals surface area contributed by atoms with Gasteiger partial charge in [-0.15, -0.1) is 0 Å². The molecule has 132 valence electrons. The molecule has 0 saturated carbocycles. The number of nitrogens with two attached hydrogens (primary N) is 2. The number of aldehydes is 1. The number of rotatable bonds is 3. The first-order chi connectivity index (χ1) is 12.6. The minimum absolute atomic E-state index is 0.142. The van der Waals surface area contributed by atoms with Crippen molar-refractivity contribution in [3.63, 3.8) is 0 Å². The van der Waals surface area contributed by atoms with E-state index >= 15 is 0 Å². The highest BCUT2D eigenvalue weighted by molar-refractivity contribution is 5.79. The summed E-state index contributed by atoms with van der Waals surface area (Å²) in [7, 11) is 1.66. The molecule has 1 heterocycles. The molecule has 0 amide bonds. The van der Waals surface area contributed by atoms with E-state index in [9.17, 15) is 4.79 Å². The molecule has 4 N–H and O–H groups in total. The molecule has 2 atom stereocenters. The van der Waals surface area contributed by atoms with Gasteiger partial charge in [0.1, 0.15) is 23.4 Å². The first-order valence-electron chi connectivity index (χ1n) is 8.45. The number of allylic oxidation sites excluding steroid dienone is 2. The van der Waals surface area contributed by atoms with Gasteiger partial charge >= 0.3 is 0 Å². The highest BCUT2D eigenvalue weighted by atomic mass is 16.5. The zero-order chi connectivity index (χ0) is 18.3. The molecule has 0 aromatic heterocycles. The zero-order valence-corrected chi connectivity index (χ0v) is 14.4. The van der Waals surface area contributed by atoms with Gasteiger partial charge in [-0.05, 0) is 30.2 Å². The van der Waals surface area contributed by atoms with E-state index in [4.69, 9.17) is 20.9 Å². The van der Waals surface area contributed by atoms with Crippen LogP contribution in [0.25, 0.3) is 0 Å². The maximum absolute atomic E-state index is 11.8. The third-order valence-corrected chi connectivity index (χ3v) is 5.18. The Morgan fingerprint density at radius 3 is 2.77 bits per heavy atom. The van der Waals surface area contributed by atoms with Crippen molar-refractivity contribution in [1.29, 1.82) is 0 Å². The Hall–Kier alpha value is -3.05. The van der Waals surface area contributed by atoms with Crippen LogP contribution < -0.4 is 16.2 Å². The highest BCUT2D eigenvalue weighted by Gasteiger charge is 2.51. The molecule has 1 aliphatic carbocycles. The van der Waals surface area contributed by atoms with Gasteiger partial charge in [-0.25, -0.2) is 0 Å². The van der Waals surface area contributed by atoms with Gasteiger partial charge in [0.25, 0.3) is 0 Å². The second kappa shape index (κ2) is 6.04. The topological polar surface area (TPSA) is 87.6 Å². The third-order valence-electron chi connectivity index (χ3n) is 5.18. The van der Waals surface area contributed by atoms with Gasteiger partial charge in [-0.1, -0.05) is 30.3 Å². The number of carbonyl (C=O) groups is 1. The van der Waals surface area contributed by atoms with Gasteiger partial charge in [-0.2, -0.15) is 0 Å². The molecule has 0 fully saturated rings. The lowest BCUT2D eigenvalue weighted by molar-refractivity contribution is -0.0395. The van der Waals surface area contributed by atoms with Crippen LogP contribution in [0.4, 0.5) is 5.69 Å². The Balaban J connectivity index is 2.06. The standard InChI is InChI=1S/C21H20N2O3/c1-25-21(16-5-3-2-4-13(16)12-24)17-8-6-14(22)10-19(17)26-20-11-15(23)7-9-18(20)21/h2-8,10-12,18H,9,22-23H2,1H3. The Kier molecular flexibility index (Phi) is 3.81. The molecule has 0 spiro atoms. The highest BCUT2D eigenvalue weighted by Crippen LogP contribution is 2.54. The van der Waals surface area contributed by atoms with Crippen LogP contribution in [0.2, 0.25) is 0 Å². The average molecular weight is 348 g/mol. The molecule has 5 nitrogen and oxygen atoms in total. The number of ether oxygens (including phenoxy) is 2. The molecule has 4 rings (SSSR count). The van der Waals surface area contributed by atoms with Gasteiger partial charge in [0.05, 0.1) is 5.92 Å². The number of anilines is 1. The number of hydrogen-bond donors (Lipinski definition) is 2. The Morgan fingerprint density at radius 1 is 1.19 bits per heavy atom. The fraction of sp³-hybridized carbons (Fsp3) is 0.190. The molecule has 26 heavy (non-hydrogen) atoms. The average Bonchev–Trinajstić information content (AvgIpc) is 2.65. The fourth-order valence-corrected chi connectivity index (χ4v) is 4.04. The smallest absolute Gasteiger partial charge is 0.150 e. The lowest BCUT2D eigenvalue weighted by Crippen LogP contribution is -2.45. The van der Waals surface area contributed by atoms with Crippen LogP contribution in [-0.4, -0.2) is 13.4 Å². The van der Waals surface area contributed by atoms with Gasteiger partial charge in [0.15, 0.2) is 0 Å². The van der Waals surface area contributed by atoms with Crippen LogP contribution in [0.15, 0.2) is 66.1 Å². The van der Waals surface area contributed by atoms with Crippen LogP contribution in [0.5, 0.6) is 5.75 Å². The second-order valence-electron chi connectivity index (χ2n) is 6.54. The van der Waals surface area contributed by atoms with E-state index < -0.39 is 5.60 Å². The largest absolute Gasteiger partial charge is 0.461 e. The number of methoxy groups -OCH3 is 1. The van der Waals surface area contributed by atoms with E-state index in [2.05, 4.69) is 0 Å². The lowest BCUT2D eigenvalue weighted by atomic mass is 9.69. The van der Waals surface area contributed by atoms with E-state index in [0.29, 0.717) is 34.9 Å². The van der Waals surface area contributed by atoms with Gasteiger partial charge in [-0.3, -0.25) is 4.79 Å². The molecule has 5 heteroatoms. The Morgan fingerprint density at radius 2 is 2.00 bits per heavy atom. The fourth-order valence-electron chi connectivity index (χ4n) is 4.04. The third kappa shape index (κ3) is 2.24. The molecule has 2 aromatic rings. The number of carbonyl (C=O) groups excluding carboxylic acids is 1. The summed E-state index contributed by atoms with van der Waals surface area (Å²) in [6.45, 7) is 0. The van der Waals surface area contributed by atoms with Crippen molar-refractivity contribution in [2.45, 2.75) is 12.0 Å². The molecule has 0 saturated heterocycles. The molecular formula is C21H20N2O3. The normalized spacial score (nSPS) is 23.8. The second-order valence-corrected chi connectivity index (χ2v) is 6.54. The first-order valence-corrected chi connectivity index (χ1v) is 8.45. The molecule has 0 radical (unpaired) electrons. The first kappa shape index (κ1) is 16.4. The molecular weight excluding hydrogens is 328 g/mol. The summed E-state index contributed by atoms with van der Waals surface area (Å²) in [5.74, 6) is 1.19. The summed E-state index contributed by atoms with van der Waals surface area (Å²) in [6.07, 6.45) is 5.27. The lowest BCUT2D eigenvalue weighted by Gasteiger charge is -2.46. The molecule has 2 unspecified atom stereocenters. The molecule has 1 aliphatic heterocycles. The van der Waals surface area contributed by atoms with Gasteiger partial charge in [0, 0.05) is 35.7 Å². The number of nitrogen functional groups attached to an aromatic ring is 1. The number of fused-ring (bicyclic) bond motifs is 2. The summed E-state index contributed by atoms with van der Waals surface area (Å²) in [5.41, 5.74) is 14.6. The maximum atomic E-state index is 11.8. The molecule has 2 aliphatic rings. The van der Waals surface area contributed by atoms with Gasteiger partial charge in [0.2, 0.25) is 0 Å². The summed E-state index contributed by atoms with van der Waals surface area (Å²) >= 11 is 0. The minimum atomic E-state index is -0.873. The predicted molar refractivity (Wildman–Crippen MR) is 99.6 cm³/mol. The van der Waals surface area contributed by atoms with Crippen molar-refractivity contribution < 1.29 is 14.3 Å².